The molecule has 1 amide bonds. The monoisotopic (exact) mass is 301 g/mol. The van der Waals surface area contributed by atoms with Crippen LogP contribution in [0.5, 0.6) is 0 Å². The third-order valence-corrected chi connectivity index (χ3v) is 4.79. The van der Waals surface area contributed by atoms with Gasteiger partial charge in [0.15, 0.2) is 9.84 Å². The van der Waals surface area contributed by atoms with E-state index < -0.39 is 9.84 Å². The Balaban J connectivity index is 2.29. The van der Waals surface area contributed by atoms with E-state index in [1.807, 2.05) is 0 Å². The molecule has 1 aromatic rings. The van der Waals surface area contributed by atoms with Crippen molar-refractivity contribution in [2.75, 3.05) is 18.7 Å². The van der Waals surface area contributed by atoms with Crippen molar-refractivity contribution in [3.63, 3.8) is 0 Å². The molecule has 1 saturated heterocycles. The van der Waals surface area contributed by atoms with Crippen LogP contribution in [0.15, 0.2) is 29.2 Å². The fourth-order valence-corrected chi connectivity index (χ4v) is 3.28. The number of carbonyl (C=O) groups excluding carboxylic acids is 1. The zero-order valence-corrected chi connectivity index (χ0v) is 12.2. The molecule has 1 aliphatic rings. The van der Waals surface area contributed by atoms with Crippen LogP contribution in [0.4, 0.5) is 0 Å². The third-order valence-electron chi connectivity index (χ3n) is 3.33. The number of rotatable bonds is 3. The van der Waals surface area contributed by atoms with Crippen molar-refractivity contribution in [3.8, 4) is 0 Å². The number of sulfone groups is 1. The average molecular weight is 302 g/mol. The van der Waals surface area contributed by atoms with E-state index in [1.165, 1.54) is 12.1 Å². The van der Waals surface area contributed by atoms with Gasteiger partial charge in [-0.3, -0.25) is 4.79 Å². The Morgan fingerprint density at radius 3 is 2.84 bits per heavy atom. The van der Waals surface area contributed by atoms with E-state index in [-0.39, 0.29) is 16.8 Å². The highest BCUT2D eigenvalue weighted by Crippen LogP contribution is 2.22. The smallest absolute Gasteiger partial charge is 0.254 e. The number of carbonyl (C=O) groups is 1. The molecule has 0 bridgehead atoms. The predicted molar refractivity (Wildman–Crippen MR) is 74.3 cm³/mol. The summed E-state index contributed by atoms with van der Waals surface area (Å²) in [6, 6.07) is 6.21. The van der Waals surface area contributed by atoms with E-state index >= 15 is 0 Å². The highest BCUT2D eigenvalue weighted by atomic mass is 35.5. The summed E-state index contributed by atoms with van der Waals surface area (Å²) < 4.78 is 23.0. The zero-order chi connectivity index (χ0) is 14.0. The van der Waals surface area contributed by atoms with Crippen LogP contribution < -0.4 is 0 Å². The second-order valence-electron chi connectivity index (χ2n) is 4.75. The Labute approximate surface area is 118 Å². The molecule has 6 heteroatoms. The minimum Gasteiger partial charge on any atom is -0.334 e. The van der Waals surface area contributed by atoms with Crippen molar-refractivity contribution >= 4 is 27.3 Å². The van der Waals surface area contributed by atoms with Gasteiger partial charge in [0.2, 0.25) is 0 Å². The molecule has 19 heavy (non-hydrogen) atoms. The van der Waals surface area contributed by atoms with Crippen molar-refractivity contribution in [2.24, 2.45) is 0 Å². The highest BCUT2D eigenvalue weighted by Gasteiger charge is 2.28. The molecule has 4 nitrogen and oxygen atoms in total. The van der Waals surface area contributed by atoms with Gasteiger partial charge in [0, 0.05) is 30.3 Å². The summed E-state index contributed by atoms with van der Waals surface area (Å²) in [5, 5.41) is 0. The molecule has 1 unspecified atom stereocenters. The number of likely N-dealkylation sites (tertiary alicyclic amines) is 1. The molecule has 2 rings (SSSR count). The molecule has 1 atom stereocenters. The maximum absolute atomic E-state index is 12.4. The van der Waals surface area contributed by atoms with Gasteiger partial charge in [0.1, 0.15) is 0 Å². The second kappa shape index (κ2) is 5.51. The molecule has 1 heterocycles. The summed E-state index contributed by atoms with van der Waals surface area (Å²) in [5.41, 5.74) is 0.403. The molecule has 0 aromatic heterocycles. The summed E-state index contributed by atoms with van der Waals surface area (Å²) in [5.74, 6) is 0.269. The summed E-state index contributed by atoms with van der Waals surface area (Å²) in [6.45, 7) is 0.680. The standard InChI is InChI=1S/C13H16ClNO3S/c1-19(17,18)12-6-2-4-10(8-12)13(16)15-7-3-5-11(15)9-14/h2,4,6,8,11H,3,5,7,9H2,1H3. The lowest BCUT2D eigenvalue weighted by molar-refractivity contribution is 0.0749. The van der Waals surface area contributed by atoms with E-state index in [4.69, 9.17) is 11.6 Å². The van der Waals surface area contributed by atoms with Crippen LogP contribution in [0.2, 0.25) is 0 Å². The number of hydrogen-bond acceptors (Lipinski definition) is 3. The molecule has 0 spiro atoms. The average Bonchev–Trinajstić information content (AvgIpc) is 2.85. The molecule has 0 radical (unpaired) electrons. The molecule has 1 aliphatic heterocycles. The largest absolute Gasteiger partial charge is 0.334 e. The molecule has 0 saturated carbocycles. The van der Waals surface area contributed by atoms with Gasteiger partial charge in [-0.15, -0.1) is 11.6 Å². The Morgan fingerprint density at radius 2 is 2.21 bits per heavy atom. The van der Waals surface area contributed by atoms with Gasteiger partial charge in [-0.1, -0.05) is 6.07 Å². The number of hydrogen-bond donors (Lipinski definition) is 0. The van der Waals surface area contributed by atoms with Gasteiger partial charge in [-0.2, -0.15) is 0 Å². The lowest BCUT2D eigenvalue weighted by atomic mass is 10.2. The SMILES string of the molecule is CS(=O)(=O)c1cccc(C(=O)N2CCCC2CCl)c1. The maximum atomic E-state index is 12.4. The van der Waals surface area contributed by atoms with Crippen LogP contribution in [-0.4, -0.2) is 43.9 Å². The number of nitrogens with zero attached hydrogens (tertiary/aromatic N) is 1. The van der Waals surface area contributed by atoms with Crippen LogP contribution >= 0.6 is 11.6 Å². The number of amides is 1. The molecule has 0 N–H and O–H groups in total. The zero-order valence-electron chi connectivity index (χ0n) is 10.7. The van der Waals surface area contributed by atoms with Crippen molar-refractivity contribution in [3.05, 3.63) is 29.8 Å². The van der Waals surface area contributed by atoms with Crippen molar-refractivity contribution < 1.29 is 13.2 Å². The first-order chi connectivity index (χ1) is 8.93. The molecule has 1 aromatic carbocycles. The Hall–Kier alpha value is -1.07. The molecule has 0 aliphatic carbocycles. The molecule has 104 valence electrons. The van der Waals surface area contributed by atoms with Crippen LogP contribution in [0.25, 0.3) is 0 Å². The summed E-state index contributed by atoms with van der Waals surface area (Å²) >= 11 is 5.85. The fourth-order valence-electron chi connectivity index (χ4n) is 2.29. The summed E-state index contributed by atoms with van der Waals surface area (Å²) in [4.78, 5) is 14.3. The van der Waals surface area contributed by atoms with Gasteiger partial charge in [0.05, 0.1) is 4.90 Å². The van der Waals surface area contributed by atoms with Gasteiger partial charge in [-0.25, -0.2) is 8.42 Å². The second-order valence-corrected chi connectivity index (χ2v) is 7.07. The predicted octanol–water partition coefficient (Wildman–Crippen LogP) is 1.93. The summed E-state index contributed by atoms with van der Waals surface area (Å²) in [7, 11) is -3.30. The van der Waals surface area contributed by atoms with E-state index in [1.54, 1.807) is 17.0 Å². The Morgan fingerprint density at radius 1 is 1.47 bits per heavy atom. The van der Waals surface area contributed by atoms with Crippen LogP contribution in [0.1, 0.15) is 23.2 Å². The first-order valence-electron chi connectivity index (χ1n) is 6.10. The van der Waals surface area contributed by atoms with Crippen molar-refractivity contribution in [1.82, 2.24) is 4.90 Å². The minimum absolute atomic E-state index is 0.0519. The van der Waals surface area contributed by atoms with E-state index in [9.17, 15) is 13.2 Å². The molecular formula is C13H16ClNO3S. The molecular weight excluding hydrogens is 286 g/mol. The van der Waals surface area contributed by atoms with Crippen LogP contribution in [0.3, 0.4) is 0 Å². The number of benzene rings is 1. The normalized spacial score (nSPS) is 19.7. The van der Waals surface area contributed by atoms with Crippen molar-refractivity contribution in [2.45, 2.75) is 23.8 Å². The Kier molecular flexibility index (Phi) is 4.16. The number of alkyl halides is 1. The fraction of sp³-hybridized carbons (Fsp3) is 0.462. The van der Waals surface area contributed by atoms with Gasteiger partial charge >= 0.3 is 0 Å². The first-order valence-corrected chi connectivity index (χ1v) is 8.53. The highest BCUT2D eigenvalue weighted by molar-refractivity contribution is 7.90. The minimum atomic E-state index is -3.30. The van der Waals surface area contributed by atoms with Gasteiger partial charge < -0.3 is 4.90 Å². The van der Waals surface area contributed by atoms with Crippen molar-refractivity contribution in [1.29, 1.82) is 0 Å². The quantitative estimate of drug-likeness (QED) is 0.802. The summed E-state index contributed by atoms with van der Waals surface area (Å²) in [6.07, 6.45) is 2.98. The topological polar surface area (TPSA) is 54.5 Å². The third kappa shape index (κ3) is 3.09. The Bertz CT molecular complexity index is 585. The van der Waals surface area contributed by atoms with Crippen LogP contribution in [0, 0.1) is 0 Å². The number of halogens is 1. The van der Waals surface area contributed by atoms with Gasteiger partial charge in [-0.05, 0) is 31.0 Å². The first kappa shape index (κ1) is 14.3. The lowest BCUT2D eigenvalue weighted by Crippen LogP contribution is -2.36. The van der Waals surface area contributed by atoms with E-state index in [0.717, 1.165) is 19.1 Å². The van der Waals surface area contributed by atoms with E-state index in [2.05, 4.69) is 0 Å². The van der Waals surface area contributed by atoms with E-state index in [0.29, 0.717) is 18.0 Å². The van der Waals surface area contributed by atoms with Crippen LogP contribution in [-0.2, 0) is 9.84 Å². The lowest BCUT2D eigenvalue weighted by Gasteiger charge is -2.23. The maximum Gasteiger partial charge on any atom is 0.254 e. The van der Waals surface area contributed by atoms with Gasteiger partial charge in [0.25, 0.3) is 5.91 Å². The molecule has 1 fully saturated rings.